The third kappa shape index (κ3) is 5.54. The van der Waals surface area contributed by atoms with Crippen molar-refractivity contribution in [3.8, 4) is 0 Å². The van der Waals surface area contributed by atoms with E-state index in [1.54, 1.807) is 13.1 Å². The van der Waals surface area contributed by atoms with Crippen LogP contribution < -0.4 is 10.6 Å². The van der Waals surface area contributed by atoms with E-state index in [4.69, 9.17) is 4.74 Å². The summed E-state index contributed by atoms with van der Waals surface area (Å²) in [5.74, 6) is 1.52. The van der Waals surface area contributed by atoms with E-state index in [0.717, 1.165) is 23.3 Å². The maximum Gasteiger partial charge on any atom is 0.252 e. The molecule has 148 valence electrons. The molecular formula is C16H27IN4O3S2. The number of thiophene rings is 1. The maximum atomic E-state index is 12.6. The van der Waals surface area contributed by atoms with Gasteiger partial charge in [0.15, 0.2) is 5.96 Å². The first-order valence-corrected chi connectivity index (χ1v) is 11.0. The third-order valence-corrected chi connectivity index (χ3v) is 8.09. The van der Waals surface area contributed by atoms with Crippen LogP contribution in [0.1, 0.15) is 24.1 Å². The highest BCUT2D eigenvalue weighted by Gasteiger charge is 2.27. The van der Waals surface area contributed by atoms with Gasteiger partial charge < -0.3 is 15.4 Å². The predicted molar refractivity (Wildman–Crippen MR) is 115 cm³/mol. The molecule has 0 amide bonds. The van der Waals surface area contributed by atoms with Crippen molar-refractivity contribution in [1.29, 1.82) is 0 Å². The van der Waals surface area contributed by atoms with Crippen molar-refractivity contribution in [1.82, 2.24) is 14.9 Å². The molecule has 1 aromatic rings. The number of ether oxygens (including phenoxy) is 1. The van der Waals surface area contributed by atoms with Crippen LogP contribution in [0, 0.1) is 5.92 Å². The molecule has 1 aromatic heterocycles. The molecule has 0 spiro atoms. The van der Waals surface area contributed by atoms with Crippen LogP contribution in [0.25, 0.3) is 0 Å². The van der Waals surface area contributed by atoms with Gasteiger partial charge in [-0.05, 0) is 30.9 Å². The highest BCUT2D eigenvalue weighted by Crippen LogP contribution is 2.26. The van der Waals surface area contributed by atoms with Gasteiger partial charge >= 0.3 is 0 Å². The standard InChI is InChI=1S/C16H26N4O3S2.HI/c1-17-16(18-11-13-3-2-4-13)19-12-14-5-6-15(24-14)25(21,22)20-7-9-23-10-8-20;/h5-6,13H,2-4,7-12H2,1H3,(H2,17,18,19);1H. The molecule has 1 aliphatic carbocycles. The molecule has 0 atom stereocenters. The molecule has 2 N–H and O–H groups in total. The Balaban J connectivity index is 0.00000243. The summed E-state index contributed by atoms with van der Waals surface area (Å²) in [4.78, 5) is 5.19. The van der Waals surface area contributed by atoms with E-state index in [1.807, 2.05) is 6.07 Å². The Labute approximate surface area is 176 Å². The first-order valence-electron chi connectivity index (χ1n) is 8.70. The Morgan fingerprint density at radius 3 is 2.65 bits per heavy atom. The number of nitrogens with zero attached hydrogens (tertiary/aromatic N) is 2. The van der Waals surface area contributed by atoms with Crippen molar-refractivity contribution in [3.05, 3.63) is 17.0 Å². The quantitative estimate of drug-likeness (QED) is 0.344. The van der Waals surface area contributed by atoms with Gasteiger partial charge in [-0.1, -0.05) is 6.42 Å². The van der Waals surface area contributed by atoms with Gasteiger partial charge in [0.25, 0.3) is 10.0 Å². The number of rotatable bonds is 6. The van der Waals surface area contributed by atoms with Crippen molar-refractivity contribution in [2.45, 2.75) is 30.0 Å². The minimum Gasteiger partial charge on any atom is -0.379 e. The van der Waals surface area contributed by atoms with E-state index < -0.39 is 10.0 Å². The fourth-order valence-corrected chi connectivity index (χ4v) is 5.69. The molecule has 1 aliphatic heterocycles. The van der Waals surface area contributed by atoms with Gasteiger partial charge in [0.05, 0.1) is 19.8 Å². The number of halogens is 1. The summed E-state index contributed by atoms with van der Waals surface area (Å²) in [5, 5.41) is 6.59. The second kappa shape index (κ2) is 10.2. The summed E-state index contributed by atoms with van der Waals surface area (Å²) >= 11 is 1.31. The third-order valence-electron chi connectivity index (χ3n) is 4.64. The molecule has 10 heteroatoms. The van der Waals surface area contributed by atoms with E-state index >= 15 is 0 Å². The van der Waals surface area contributed by atoms with Gasteiger partial charge in [0.1, 0.15) is 4.21 Å². The minimum absolute atomic E-state index is 0. The Morgan fingerprint density at radius 2 is 2.04 bits per heavy atom. The highest BCUT2D eigenvalue weighted by atomic mass is 127. The van der Waals surface area contributed by atoms with Gasteiger partial charge in [0, 0.05) is 31.6 Å². The minimum atomic E-state index is -3.40. The van der Waals surface area contributed by atoms with Crippen LogP contribution in [-0.4, -0.2) is 58.6 Å². The van der Waals surface area contributed by atoms with Crippen LogP contribution in [0.3, 0.4) is 0 Å². The lowest BCUT2D eigenvalue weighted by atomic mass is 9.85. The smallest absolute Gasteiger partial charge is 0.252 e. The Kier molecular flexibility index (Phi) is 8.58. The number of aliphatic imine (C=N–C) groups is 1. The lowest BCUT2D eigenvalue weighted by Crippen LogP contribution is -2.40. The zero-order valence-electron chi connectivity index (χ0n) is 14.9. The number of guanidine groups is 1. The first-order chi connectivity index (χ1) is 12.1. The van der Waals surface area contributed by atoms with Gasteiger partial charge in [-0.3, -0.25) is 4.99 Å². The van der Waals surface area contributed by atoms with E-state index in [-0.39, 0.29) is 24.0 Å². The van der Waals surface area contributed by atoms with Crippen LogP contribution in [0.4, 0.5) is 0 Å². The predicted octanol–water partition coefficient (Wildman–Crippen LogP) is 1.85. The summed E-state index contributed by atoms with van der Waals surface area (Å²) in [6, 6.07) is 3.56. The van der Waals surface area contributed by atoms with Gasteiger partial charge in [0.2, 0.25) is 0 Å². The molecule has 2 fully saturated rings. The average molecular weight is 514 g/mol. The molecule has 0 bridgehead atoms. The average Bonchev–Trinajstić information content (AvgIpc) is 3.07. The van der Waals surface area contributed by atoms with Crippen molar-refractivity contribution in [3.63, 3.8) is 0 Å². The van der Waals surface area contributed by atoms with Gasteiger partial charge in [-0.25, -0.2) is 8.42 Å². The van der Waals surface area contributed by atoms with E-state index in [0.29, 0.717) is 37.1 Å². The maximum absolute atomic E-state index is 12.6. The van der Waals surface area contributed by atoms with E-state index in [2.05, 4.69) is 15.6 Å². The SMILES string of the molecule is CN=C(NCc1ccc(S(=O)(=O)N2CCOCC2)s1)NCC1CCC1.I. The number of nitrogens with one attached hydrogen (secondary N) is 2. The summed E-state index contributed by atoms with van der Waals surface area (Å²) in [7, 11) is -1.66. The number of hydrogen-bond donors (Lipinski definition) is 2. The molecular weight excluding hydrogens is 487 g/mol. The van der Waals surface area contributed by atoms with Crippen LogP contribution in [0.15, 0.2) is 21.3 Å². The Morgan fingerprint density at radius 1 is 1.31 bits per heavy atom. The lowest BCUT2D eigenvalue weighted by Gasteiger charge is -2.26. The Hall–Kier alpha value is -0.430. The van der Waals surface area contributed by atoms with Crippen molar-refractivity contribution < 1.29 is 13.2 Å². The Bertz CT molecular complexity index is 698. The molecule has 1 saturated carbocycles. The van der Waals surface area contributed by atoms with Gasteiger partial charge in [-0.2, -0.15) is 4.31 Å². The highest BCUT2D eigenvalue weighted by molar-refractivity contribution is 14.0. The molecule has 2 heterocycles. The number of morpholine rings is 1. The largest absolute Gasteiger partial charge is 0.379 e. The molecule has 1 saturated heterocycles. The summed E-state index contributed by atoms with van der Waals surface area (Å²) in [6.45, 7) is 3.27. The fraction of sp³-hybridized carbons (Fsp3) is 0.688. The zero-order valence-corrected chi connectivity index (χ0v) is 18.9. The van der Waals surface area contributed by atoms with E-state index in [9.17, 15) is 8.42 Å². The molecule has 0 radical (unpaired) electrons. The van der Waals surface area contributed by atoms with Crippen LogP contribution in [0.2, 0.25) is 0 Å². The summed E-state index contributed by atoms with van der Waals surface area (Å²) in [5.41, 5.74) is 0. The summed E-state index contributed by atoms with van der Waals surface area (Å²) < 4.78 is 32.4. The fourth-order valence-electron chi connectivity index (χ4n) is 2.84. The van der Waals surface area contributed by atoms with Crippen molar-refractivity contribution in [2.75, 3.05) is 39.9 Å². The lowest BCUT2D eigenvalue weighted by molar-refractivity contribution is 0.0731. The molecule has 3 rings (SSSR count). The number of sulfonamides is 1. The van der Waals surface area contributed by atoms with Crippen LogP contribution in [-0.2, 0) is 21.3 Å². The molecule has 7 nitrogen and oxygen atoms in total. The van der Waals surface area contributed by atoms with Crippen LogP contribution in [0.5, 0.6) is 0 Å². The monoisotopic (exact) mass is 514 g/mol. The van der Waals surface area contributed by atoms with Crippen LogP contribution >= 0.6 is 35.3 Å². The molecule has 2 aliphatic rings. The second-order valence-electron chi connectivity index (χ2n) is 6.34. The molecule has 0 aromatic carbocycles. The second-order valence-corrected chi connectivity index (χ2v) is 9.67. The normalized spacial score (nSPS) is 19.5. The summed E-state index contributed by atoms with van der Waals surface area (Å²) in [6.07, 6.45) is 3.91. The van der Waals surface area contributed by atoms with E-state index in [1.165, 1.54) is 34.9 Å². The van der Waals surface area contributed by atoms with Crippen molar-refractivity contribution >= 4 is 51.3 Å². The number of hydrogen-bond acceptors (Lipinski definition) is 5. The van der Waals surface area contributed by atoms with Crippen molar-refractivity contribution in [2.24, 2.45) is 10.9 Å². The first kappa shape index (κ1) is 21.9. The zero-order chi connectivity index (χ0) is 17.7. The molecule has 0 unspecified atom stereocenters. The van der Waals surface area contributed by atoms with Gasteiger partial charge in [-0.15, -0.1) is 35.3 Å². The topological polar surface area (TPSA) is 83.0 Å². The molecule has 26 heavy (non-hydrogen) atoms.